The molecular formula is C25H29N3O6S. The Kier molecular flexibility index (Phi) is 8.87. The maximum Gasteiger partial charge on any atom is 0.322 e. The first-order chi connectivity index (χ1) is 16.7. The van der Waals surface area contributed by atoms with E-state index in [4.69, 9.17) is 4.74 Å². The van der Waals surface area contributed by atoms with Crippen LogP contribution in [0.3, 0.4) is 0 Å². The number of amides is 1. The van der Waals surface area contributed by atoms with Gasteiger partial charge in [0.05, 0.1) is 4.90 Å². The third kappa shape index (κ3) is 6.82. The van der Waals surface area contributed by atoms with Gasteiger partial charge in [-0.15, -0.1) is 5.92 Å². The van der Waals surface area contributed by atoms with Gasteiger partial charge in [-0.1, -0.05) is 23.6 Å². The second-order valence-corrected chi connectivity index (χ2v) is 9.99. The maximum atomic E-state index is 12.9. The SMILES string of the molecule is CC#CCOc1ccc(C(=O)NCC(C(=O)O)N2CCN(S(=O)(=O)c3ccc(C)cc3)CC2)cc1. The predicted molar refractivity (Wildman–Crippen MR) is 131 cm³/mol. The van der Waals surface area contributed by atoms with Gasteiger partial charge in [-0.25, -0.2) is 8.42 Å². The molecule has 2 aromatic carbocycles. The van der Waals surface area contributed by atoms with Crippen molar-refractivity contribution in [1.29, 1.82) is 0 Å². The third-order valence-corrected chi connectivity index (χ3v) is 7.63. The number of carbonyl (C=O) groups is 2. The van der Waals surface area contributed by atoms with Crippen LogP contribution in [0.2, 0.25) is 0 Å². The van der Waals surface area contributed by atoms with Gasteiger partial charge in [0.25, 0.3) is 5.91 Å². The first kappa shape index (κ1) is 26.2. The van der Waals surface area contributed by atoms with Crippen molar-refractivity contribution < 1.29 is 27.9 Å². The maximum absolute atomic E-state index is 12.9. The molecule has 35 heavy (non-hydrogen) atoms. The Balaban J connectivity index is 1.56. The molecular weight excluding hydrogens is 470 g/mol. The van der Waals surface area contributed by atoms with Gasteiger partial charge in [-0.2, -0.15) is 4.31 Å². The summed E-state index contributed by atoms with van der Waals surface area (Å²) in [7, 11) is -3.65. The fraction of sp³-hybridized carbons (Fsp3) is 0.360. The Morgan fingerprint density at radius 1 is 1.06 bits per heavy atom. The molecule has 1 atom stereocenters. The first-order valence-corrected chi connectivity index (χ1v) is 12.6. The number of ether oxygens (including phenoxy) is 1. The fourth-order valence-electron chi connectivity index (χ4n) is 3.67. The minimum atomic E-state index is -3.65. The molecule has 186 valence electrons. The summed E-state index contributed by atoms with van der Waals surface area (Å²) in [5.74, 6) is 4.59. The lowest BCUT2D eigenvalue weighted by molar-refractivity contribution is -0.143. The van der Waals surface area contributed by atoms with Crippen molar-refractivity contribution >= 4 is 21.9 Å². The van der Waals surface area contributed by atoms with Crippen molar-refractivity contribution in [2.75, 3.05) is 39.3 Å². The molecule has 3 rings (SSSR count). The predicted octanol–water partition coefficient (Wildman–Crippen LogP) is 1.59. The van der Waals surface area contributed by atoms with Crippen LogP contribution in [-0.2, 0) is 14.8 Å². The number of benzene rings is 2. The van der Waals surface area contributed by atoms with Crippen molar-refractivity contribution in [2.24, 2.45) is 0 Å². The van der Waals surface area contributed by atoms with E-state index in [0.29, 0.717) is 11.3 Å². The number of nitrogens with zero attached hydrogens (tertiary/aromatic N) is 2. The Hall–Kier alpha value is -3.39. The average molecular weight is 500 g/mol. The smallest absolute Gasteiger partial charge is 0.322 e. The van der Waals surface area contributed by atoms with E-state index in [2.05, 4.69) is 17.2 Å². The molecule has 0 bridgehead atoms. The molecule has 0 saturated carbocycles. The second-order valence-electron chi connectivity index (χ2n) is 8.06. The van der Waals surface area contributed by atoms with Gasteiger partial charge >= 0.3 is 5.97 Å². The summed E-state index contributed by atoms with van der Waals surface area (Å²) in [5.41, 5.74) is 1.34. The summed E-state index contributed by atoms with van der Waals surface area (Å²) in [6.45, 7) is 4.55. The normalized spacial score (nSPS) is 15.5. The lowest BCUT2D eigenvalue weighted by Crippen LogP contribution is -2.56. The summed E-state index contributed by atoms with van der Waals surface area (Å²) in [4.78, 5) is 26.3. The zero-order chi connectivity index (χ0) is 25.4. The average Bonchev–Trinajstić information content (AvgIpc) is 2.85. The van der Waals surface area contributed by atoms with E-state index in [9.17, 15) is 23.1 Å². The van der Waals surface area contributed by atoms with Crippen LogP contribution < -0.4 is 10.1 Å². The van der Waals surface area contributed by atoms with Crippen molar-refractivity contribution in [2.45, 2.75) is 24.8 Å². The number of sulfonamides is 1. The third-order valence-electron chi connectivity index (χ3n) is 5.72. The monoisotopic (exact) mass is 499 g/mol. The number of nitrogens with one attached hydrogen (secondary N) is 1. The van der Waals surface area contributed by atoms with E-state index in [-0.39, 0.29) is 44.2 Å². The zero-order valence-corrected chi connectivity index (χ0v) is 20.5. The van der Waals surface area contributed by atoms with E-state index in [1.807, 2.05) is 6.92 Å². The lowest BCUT2D eigenvalue weighted by Gasteiger charge is -2.37. The molecule has 0 radical (unpaired) electrons. The molecule has 2 N–H and O–H groups in total. The molecule has 2 aromatic rings. The number of hydrogen-bond donors (Lipinski definition) is 2. The van der Waals surface area contributed by atoms with Gasteiger partial charge in [0, 0.05) is 38.3 Å². The highest BCUT2D eigenvalue weighted by molar-refractivity contribution is 7.89. The fourth-order valence-corrected chi connectivity index (χ4v) is 5.10. The molecule has 1 aliphatic rings. The van der Waals surface area contributed by atoms with Crippen LogP contribution in [0.1, 0.15) is 22.8 Å². The minimum Gasteiger partial charge on any atom is -0.481 e. The van der Waals surface area contributed by atoms with Crippen LogP contribution in [0.15, 0.2) is 53.4 Å². The highest BCUT2D eigenvalue weighted by atomic mass is 32.2. The Morgan fingerprint density at radius 2 is 1.69 bits per heavy atom. The lowest BCUT2D eigenvalue weighted by atomic mass is 10.1. The topological polar surface area (TPSA) is 116 Å². The molecule has 1 unspecified atom stereocenters. The van der Waals surface area contributed by atoms with E-state index in [1.165, 1.54) is 4.31 Å². The molecule has 9 nitrogen and oxygen atoms in total. The van der Waals surface area contributed by atoms with Crippen LogP contribution in [-0.4, -0.2) is 80.0 Å². The standard InChI is InChI=1S/C25H29N3O6S/c1-3-4-17-34-21-9-7-20(8-10-21)24(29)26-18-23(25(30)31)27-13-15-28(16-14-27)35(32,33)22-11-5-19(2)6-12-22/h5-12,23H,13-18H2,1-2H3,(H,26,29)(H,30,31). The molecule has 1 saturated heterocycles. The summed E-state index contributed by atoms with van der Waals surface area (Å²) >= 11 is 0. The van der Waals surface area contributed by atoms with Crippen molar-refractivity contribution in [3.63, 3.8) is 0 Å². The number of carboxylic acid groups (broad SMARTS) is 1. The number of aryl methyl sites for hydroxylation is 1. The largest absolute Gasteiger partial charge is 0.481 e. The summed E-state index contributed by atoms with van der Waals surface area (Å²) in [5, 5.41) is 12.4. The molecule has 1 heterocycles. The van der Waals surface area contributed by atoms with Gasteiger partial charge < -0.3 is 15.2 Å². The summed E-state index contributed by atoms with van der Waals surface area (Å²) < 4.78 is 32.6. The quantitative estimate of drug-likeness (QED) is 0.503. The molecule has 0 aliphatic carbocycles. The van der Waals surface area contributed by atoms with Gasteiger partial charge in [0.2, 0.25) is 10.0 Å². The van der Waals surface area contributed by atoms with Crippen molar-refractivity contribution in [3.8, 4) is 17.6 Å². The first-order valence-electron chi connectivity index (χ1n) is 11.2. The second kappa shape index (κ2) is 11.8. The molecule has 0 aromatic heterocycles. The van der Waals surface area contributed by atoms with Crippen molar-refractivity contribution in [3.05, 3.63) is 59.7 Å². The van der Waals surface area contributed by atoms with Crippen LogP contribution in [0.25, 0.3) is 0 Å². The number of carbonyl (C=O) groups excluding carboxylic acids is 1. The van der Waals surface area contributed by atoms with Crippen molar-refractivity contribution in [1.82, 2.24) is 14.5 Å². The molecule has 0 spiro atoms. The highest BCUT2D eigenvalue weighted by Gasteiger charge is 2.33. The van der Waals surface area contributed by atoms with Crippen LogP contribution >= 0.6 is 0 Å². The van der Waals surface area contributed by atoms with Gasteiger partial charge in [0.1, 0.15) is 18.4 Å². The number of carboxylic acids is 1. The minimum absolute atomic E-state index is 0.108. The van der Waals surface area contributed by atoms with Gasteiger partial charge in [-0.3, -0.25) is 14.5 Å². The van der Waals surface area contributed by atoms with E-state index in [1.54, 1.807) is 60.4 Å². The van der Waals surface area contributed by atoms with Gasteiger partial charge in [0.15, 0.2) is 0 Å². The zero-order valence-electron chi connectivity index (χ0n) is 19.7. The molecule has 1 fully saturated rings. The molecule has 1 aliphatic heterocycles. The number of piperazine rings is 1. The number of hydrogen-bond acceptors (Lipinski definition) is 6. The van der Waals surface area contributed by atoms with E-state index in [0.717, 1.165) is 5.56 Å². The Labute approximate surface area is 205 Å². The number of rotatable bonds is 9. The van der Waals surface area contributed by atoms with Crippen LogP contribution in [0.4, 0.5) is 0 Å². The Morgan fingerprint density at radius 3 is 2.26 bits per heavy atom. The van der Waals surface area contributed by atoms with E-state index < -0.39 is 27.9 Å². The van der Waals surface area contributed by atoms with E-state index >= 15 is 0 Å². The van der Waals surface area contributed by atoms with Crippen LogP contribution in [0.5, 0.6) is 5.75 Å². The Bertz CT molecular complexity index is 1190. The number of aliphatic carboxylic acids is 1. The van der Waals surface area contributed by atoms with Crippen LogP contribution in [0, 0.1) is 18.8 Å². The molecule has 1 amide bonds. The summed E-state index contributed by atoms with van der Waals surface area (Å²) in [6.07, 6.45) is 0. The van der Waals surface area contributed by atoms with Gasteiger partial charge in [-0.05, 0) is 50.2 Å². The molecule has 10 heteroatoms. The summed E-state index contributed by atoms with van der Waals surface area (Å²) in [6, 6.07) is 12.1. The highest BCUT2D eigenvalue weighted by Crippen LogP contribution is 2.19.